The van der Waals surface area contributed by atoms with E-state index in [0.717, 1.165) is 145 Å². The van der Waals surface area contributed by atoms with Gasteiger partial charge >= 0.3 is 0 Å². The van der Waals surface area contributed by atoms with Gasteiger partial charge in [-0.05, 0) is 190 Å². The van der Waals surface area contributed by atoms with E-state index < -0.39 is 43.0 Å². The first kappa shape index (κ1) is 53.3. The molecule has 0 unspecified atom stereocenters. The highest BCUT2D eigenvalue weighted by molar-refractivity contribution is 7.00. The molecule has 0 fully saturated rings. The maximum Gasteiger partial charge on any atom is 0.252 e. The van der Waals surface area contributed by atoms with Crippen LogP contribution in [0.25, 0.3) is 116 Å². The number of aromatic nitrogens is 1. The number of anilines is 6. The smallest absolute Gasteiger partial charge is 0.252 e. The van der Waals surface area contributed by atoms with Crippen LogP contribution in [-0.4, -0.2) is 11.3 Å². The van der Waals surface area contributed by atoms with Crippen LogP contribution < -0.4 is 26.2 Å². The summed E-state index contributed by atoms with van der Waals surface area (Å²) in [7, 11) is 0. The average Bonchev–Trinajstić information content (AvgIpc) is 1.56. The zero-order valence-electron chi connectivity index (χ0n) is 66.2. The molecule has 16 aromatic rings. The zero-order valence-corrected chi connectivity index (χ0v) is 58.2. The van der Waals surface area contributed by atoms with Gasteiger partial charge in [0.25, 0.3) is 6.71 Å². The van der Waals surface area contributed by atoms with E-state index in [9.17, 15) is 8.22 Å². The van der Waals surface area contributed by atoms with E-state index in [2.05, 4.69) is 315 Å². The minimum Gasteiger partial charge on any atom is -0.456 e. The maximum absolute atomic E-state index is 9.88. The van der Waals surface area contributed by atoms with E-state index >= 15 is 0 Å². The molecule has 101 heavy (non-hydrogen) atoms. The van der Waals surface area contributed by atoms with E-state index in [1.54, 1.807) is 4.57 Å². The number of para-hydroxylation sites is 3. The molecule has 2 aromatic heterocycles. The Morgan fingerprint density at radius 1 is 0.317 bits per heavy atom. The van der Waals surface area contributed by atoms with Crippen molar-refractivity contribution < 1.29 is 15.4 Å². The van der Waals surface area contributed by atoms with Gasteiger partial charge in [0.1, 0.15) is 11.2 Å². The van der Waals surface area contributed by atoms with Crippen LogP contribution in [0.3, 0.4) is 0 Å². The summed E-state index contributed by atoms with van der Waals surface area (Å²) in [5.74, 6) is 0. The van der Waals surface area contributed by atoms with Crippen LogP contribution in [0.15, 0.2) is 314 Å². The van der Waals surface area contributed by atoms with Gasteiger partial charge in [-0.3, -0.25) is 0 Å². The van der Waals surface area contributed by atoms with Gasteiger partial charge in [-0.15, -0.1) is 0 Å². The Bertz CT molecular complexity index is 6240. The molecule has 0 spiro atoms. The van der Waals surface area contributed by atoms with Gasteiger partial charge in [-0.25, -0.2) is 0 Å². The molecule has 0 radical (unpaired) electrons. The first-order valence-corrected chi connectivity index (χ1v) is 35.0. The lowest BCUT2D eigenvalue weighted by Crippen LogP contribution is -2.61. The topological polar surface area (TPSA) is 24.6 Å². The fraction of sp³-hybridized carbons (Fsp3) is 0.125. The maximum atomic E-state index is 9.88. The van der Waals surface area contributed by atoms with Crippen LogP contribution in [0.5, 0.6) is 0 Å². The summed E-state index contributed by atoms with van der Waals surface area (Å²) in [4.78, 5) is 4.97. The summed E-state index contributed by atoms with van der Waals surface area (Å²) in [6.45, 7) is 20.0. The van der Waals surface area contributed by atoms with Gasteiger partial charge in [0.2, 0.25) is 0 Å². The minimum absolute atomic E-state index is 0.00478. The number of nitrogens with zero attached hydrogens (tertiary/aromatic N) is 3. The van der Waals surface area contributed by atoms with Crippen molar-refractivity contribution in [1.82, 2.24) is 4.57 Å². The molecule has 2 aliphatic heterocycles. The molecule has 0 bridgehead atoms. The molecule has 0 amide bonds. The van der Waals surface area contributed by atoms with Crippen molar-refractivity contribution in [3.8, 4) is 72.4 Å². The molecule has 0 saturated heterocycles. The zero-order chi connectivity index (χ0) is 75.6. The molecule has 4 heterocycles. The molecule has 0 atom stereocenters. The SMILES string of the molecule is [2H]c1c([2H])c([2H])c2c(c1[2H])c1c([2H])c([2H])c([2H])c([2H])c1n2-c1ccc2c(c1)N(c1c(-c3ccccc3)cc(C(C)(C)C)cc1-c1ccccc1)c1cc(-c3cccc4oc5ccccc5c34)cc3c1B2c1ccc(-c2cc(C(C)(C)C)cc(C(C)(C)C)c2)cc1N3c1cc(-c2ccccc2)cc(-c2ccccc2)c1. The van der Waals surface area contributed by atoms with Crippen LogP contribution in [0.1, 0.15) is 90.0 Å². The van der Waals surface area contributed by atoms with E-state index in [1.165, 1.54) is 11.1 Å². The van der Waals surface area contributed by atoms with Crippen LogP contribution in [0.4, 0.5) is 34.1 Å². The highest BCUT2D eigenvalue weighted by Gasteiger charge is 2.46. The lowest BCUT2D eigenvalue weighted by Gasteiger charge is -2.45. The summed E-state index contributed by atoms with van der Waals surface area (Å²) in [6.07, 6.45) is 0. The van der Waals surface area contributed by atoms with Crippen LogP contribution in [-0.2, 0) is 16.2 Å². The summed E-state index contributed by atoms with van der Waals surface area (Å²) < 4.78 is 84.2. The summed E-state index contributed by atoms with van der Waals surface area (Å²) in [5, 5.41) is 1.95. The van der Waals surface area contributed by atoms with Crippen molar-refractivity contribution in [2.24, 2.45) is 0 Å². The molecule has 2 aliphatic rings. The number of hydrogen-bond acceptors (Lipinski definition) is 3. The van der Waals surface area contributed by atoms with Crippen LogP contribution in [0.2, 0.25) is 0 Å². The average molecular weight is 1310 g/mol. The Balaban J connectivity index is 1.06. The van der Waals surface area contributed by atoms with Crippen molar-refractivity contribution in [3.05, 3.63) is 326 Å². The molecule has 4 nitrogen and oxygen atoms in total. The van der Waals surface area contributed by atoms with E-state index in [1.807, 2.05) is 18.2 Å². The van der Waals surface area contributed by atoms with Gasteiger partial charge in [-0.2, -0.15) is 0 Å². The van der Waals surface area contributed by atoms with E-state index in [4.69, 9.17) is 7.16 Å². The minimum atomic E-state index is -0.510. The molecule has 5 heteroatoms. The second kappa shape index (κ2) is 23.5. The van der Waals surface area contributed by atoms with Crippen molar-refractivity contribution in [2.45, 2.75) is 78.6 Å². The Labute approximate surface area is 604 Å². The second-order valence-electron chi connectivity index (χ2n) is 30.3. The van der Waals surface area contributed by atoms with Gasteiger partial charge in [0, 0.05) is 66.8 Å². The second-order valence-corrected chi connectivity index (χ2v) is 30.3. The van der Waals surface area contributed by atoms with Gasteiger partial charge in [0.05, 0.1) is 27.7 Å². The summed E-state index contributed by atoms with van der Waals surface area (Å²) in [6, 6.07) is 90.4. The van der Waals surface area contributed by atoms with E-state index in [0.29, 0.717) is 5.69 Å². The first-order valence-electron chi connectivity index (χ1n) is 39.0. The largest absolute Gasteiger partial charge is 0.456 e. The third-order valence-electron chi connectivity index (χ3n) is 20.8. The first-order chi connectivity index (χ1) is 52.3. The number of benzene rings is 14. The van der Waals surface area contributed by atoms with Gasteiger partial charge in [0.15, 0.2) is 0 Å². The molecular weight excluding hydrogens is 1220 g/mol. The van der Waals surface area contributed by atoms with E-state index in [-0.39, 0.29) is 50.1 Å². The third kappa shape index (κ3) is 10.4. The number of fused-ring (bicyclic) bond motifs is 10. The number of rotatable bonds is 9. The quantitative estimate of drug-likeness (QED) is 0.135. The predicted octanol–water partition coefficient (Wildman–Crippen LogP) is 24.7. The Morgan fingerprint density at radius 2 is 0.782 bits per heavy atom. The molecule has 0 aliphatic carbocycles. The van der Waals surface area contributed by atoms with Crippen molar-refractivity contribution in [1.29, 1.82) is 0 Å². The Hall–Kier alpha value is -11.7. The molecule has 486 valence electrons. The normalized spacial score (nSPS) is 14.0. The lowest BCUT2D eigenvalue weighted by molar-refractivity contribution is 0.569. The van der Waals surface area contributed by atoms with Gasteiger partial charge < -0.3 is 18.8 Å². The summed E-state index contributed by atoms with van der Waals surface area (Å²) in [5.41, 5.74) is 25.3. The molecular formula is C96H78BN3O. The molecule has 0 saturated carbocycles. The number of furan rings is 1. The highest BCUT2D eigenvalue weighted by atomic mass is 16.3. The fourth-order valence-electron chi connectivity index (χ4n) is 15.6. The summed E-state index contributed by atoms with van der Waals surface area (Å²) >= 11 is 0. The predicted molar refractivity (Wildman–Crippen MR) is 431 cm³/mol. The number of hydrogen-bond donors (Lipinski definition) is 0. The molecule has 18 rings (SSSR count). The standard InChI is InChI=1S/C96H78BN3O/c1-94(2,3)70-50-68(51-71(57-70)95(4,5)6)65-45-47-81-85(54-65)99(74-52-66(61-29-14-10-15-30-61)49-67(53-74)62-31-16-11-17-32-62)87-55-69(75-40-28-44-90-91(75)78-39-24-27-43-89(78)101-90)56-88-92(87)97(81)82-48-46-73(98-83-41-25-22-37-76(83)77-38-23-26-42-84(77)98)60-86(82)100(88)93-79(63-33-18-12-19-34-63)58-72(96(7,8)9)59-80(93)64-35-20-13-21-36-64/h10-60H,1-9H3/i22D,23D,25D,26D,37D,38D,41D,42D. The lowest BCUT2D eigenvalue weighted by atomic mass is 9.33. The van der Waals surface area contributed by atoms with Crippen molar-refractivity contribution in [2.75, 3.05) is 9.80 Å². The van der Waals surface area contributed by atoms with Crippen LogP contribution in [0, 0.1) is 0 Å². The fourth-order valence-corrected chi connectivity index (χ4v) is 15.6. The molecule has 14 aromatic carbocycles. The Morgan fingerprint density at radius 3 is 1.35 bits per heavy atom. The molecule has 0 N–H and O–H groups in total. The van der Waals surface area contributed by atoms with Crippen molar-refractivity contribution in [3.63, 3.8) is 0 Å². The third-order valence-corrected chi connectivity index (χ3v) is 20.8. The van der Waals surface area contributed by atoms with Gasteiger partial charge in [-0.1, -0.05) is 287 Å². The monoisotopic (exact) mass is 1310 g/mol. The van der Waals surface area contributed by atoms with Crippen LogP contribution >= 0.6 is 0 Å². The highest BCUT2D eigenvalue weighted by Crippen LogP contribution is 2.54. The van der Waals surface area contributed by atoms with Crippen molar-refractivity contribution >= 4 is 101 Å². The Kier molecular flexibility index (Phi) is 12.4.